The molecule has 0 fully saturated rings. The summed E-state index contributed by atoms with van der Waals surface area (Å²) >= 11 is 0. The predicted molar refractivity (Wildman–Crippen MR) is 55.0 cm³/mol. The minimum Gasteiger partial charge on any atom is -0.326 e. The van der Waals surface area contributed by atoms with Crippen LogP contribution in [0.5, 0.6) is 0 Å². The number of halogens is 2. The average Bonchev–Trinajstić information content (AvgIpc) is 2.03. The van der Waals surface area contributed by atoms with Gasteiger partial charge in [-0.1, -0.05) is 30.3 Å². The number of benzene rings is 1. The molecule has 0 bridgehead atoms. The summed E-state index contributed by atoms with van der Waals surface area (Å²) in [5.41, 5.74) is 6.54. The van der Waals surface area contributed by atoms with E-state index in [4.69, 9.17) is 14.2 Å². The van der Waals surface area contributed by atoms with Gasteiger partial charge < -0.3 is 5.73 Å². The molecular formula is C7H9Cl2NO2S. The Morgan fingerprint density at radius 1 is 1.15 bits per heavy atom. The van der Waals surface area contributed by atoms with Gasteiger partial charge in [0.1, 0.15) is 0 Å². The second-order valence-corrected chi connectivity index (χ2v) is 5.74. The van der Waals surface area contributed by atoms with Gasteiger partial charge in [0.15, 0.2) is 0 Å². The minimum atomic E-state index is -3.72. The Balaban J connectivity index is 0.000000252. The Morgan fingerprint density at radius 3 is 1.77 bits per heavy atom. The van der Waals surface area contributed by atoms with Crippen LogP contribution in [0.25, 0.3) is 0 Å². The summed E-state index contributed by atoms with van der Waals surface area (Å²) in [6, 6.07) is 9.99. The third kappa shape index (κ3) is 11.7. The molecule has 0 aliphatic carbocycles. The molecule has 6 heteroatoms. The zero-order chi connectivity index (χ0) is 10.3. The lowest BCUT2D eigenvalue weighted by molar-refractivity contribution is 0.621. The summed E-state index contributed by atoms with van der Waals surface area (Å²) in [6.45, 7) is 0.640. The molecule has 0 aromatic heterocycles. The third-order valence-corrected chi connectivity index (χ3v) is 1.08. The molecule has 0 radical (unpaired) electrons. The fourth-order valence-corrected chi connectivity index (χ4v) is 0.614. The van der Waals surface area contributed by atoms with Crippen molar-refractivity contribution in [3.63, 3.8) is 0 Å². The largest absolute Gasteiger partial charge is 0.326 e. The van der Waals surface area contributed by atoms with Gasteiger partial charge in [0.05, 0.1) is 0 Å². The lowest BCUT2D eigenvalue weighted by Crippen LogP contribution is -1.94. The number of nitrogens with two attached hydrogens (primary N) is 1. The van der Waals surface area contributed by atoms with Gasteiger partial charge in [0.2, 0.25) is 0 Å². The van der Waals surface area contributed by atoms with Crippen molar-refractivity contribution in [2.75, 3.05) is 0 Å². The smallest absolute Gasteiger partial charge is 0.317 e. The van der Waals surface area contributed by atoms with Gasteiger partial charge in [-0.05, 0) is 5.56 Å². The average molecular weight is 242 g/mol. The molecule has 1 aromatic carbocycles. The second kappa shape index (κ2) is 6.21. The van der Waals surface area contributed by atoms with E-state index in [-0.39, 0.29) is 0 Å². The molecule has 74 valence electrons. The molecule has 1 rings (SSSR count). The van der Waals surface area contributed by atoms with Gasteiger partial charge in [-0.2, -0.15) is 8.42 Å². The van der Waals surface area contributed by atoms with Gasteiger partial charge in [0.25, 0.3) is 0 Å². The van der Waals surface area contributed by atoms with Crippen LogP contribution in [0.2, 0.25) is 0 Å². The van der Waals surface area contributed by atoms with Crippen LogP contribution in [0.15, 0.2) is 30.3 Å². The highest BCUT2D eigenvalue weighted by atomic mass is 36.0. The Morgan fingerprint density at radius 2 is 1.54 bits per heavy atom. The van der Waals surface area contributed by atoms with E-state index in [0.29, 0.717) is 6.54 Å². The number of hydrogen-bond donors (Lipinski definition) is 1. The van der Waals surface area contributed by atoms with Crippen LogP contribution in [-0.4, -0.2) is 8.42 Å². The number of hydrogen-bond acceptors (Lipinski definition) is 3. The maximum atomic E-state index is 9.16. The molecule has 0 spiro atoms. The van der Waals surface area contributed by atoms with Crippen molar-refractivity contribution in [1.82, 2.24) is 0 Å². The summed E-state index contributed by atoms with van der Waals surface area (Å²) in [5.74, 6) is 0. The number of rotatable bonds is 1. The molecule has 2 N–H and O–H groups in total. The molecule has 0 saturated carbocycles. The minimum absolute atomic E-state index is 0.640. The molecule has 0 saturated heterocycles. The van der Waals surface area contributed by atoms with Crippen LogP contribution in [-0.2, 0) is 14.8 Å². The summed E-state index contributed by atoms with van der Waals surface area (Å²) in [5, 5.41) is 0. The monoisotopic (exact) mass is 241 g/mol. The Hall–Kier alpha value is -0.290. The standard InChI is InChI=1S/C7H9N.Cl2O2S/c8-6-7-4-2-1-3-5-7;1-5(2,3)4/h1-5H,6,8H2;. The van der Waals surface area contributed by atoms with Gasteiger partial charge in [-0.3, -0.25) is 0 Å². The van der Waals surface area contributed by atoms with Gasteiger partial charge in [-0.25, -0.2) is 0 Å². The van der Waals surface area contributed by atoms with Crippen LogP contribution in [0, 0.1) is 0 Å². The fraction of sp³-hybridized carbons (Fsp3) is 0.143. The van der Waals surface area contributed by atoms with Crippen molar-refractivity contribution in [3.8, 4) is 0 Å². The van der Waals surface area contributed by atoms with Crippen LogP contribution in [0.3, 0.4) is 0 Å². The molecule has 0 unspecified atom stereocenters. The van der Waals surface area contributed by atoms with E-state index in [1.165, 1.54) is 5.56 Å². The van der Waals surface area contributed by atoms with E-state index in [2.05, 4.69) is 21.4 Å². The van der Waals surface area contributed by atoms with Gasteiger partial charge >= 0.3 is 8.26 Å². The topological polar surface area (TPSA) is 60.2 Å². The first-order valence-electron chi connectivity index (χ1n) is 3.31. The van der Waals surface area contributed by atoms with Crippen LogP contribution in [0.1, 0.15) is 5.56 Å². The van der Waals surface area contributed by atoms with Crippen molar-refractivity contribution in [2.24, 2.45) is 5.73 Å². The summed E-state index contributed by atoms with van der Waals surface area (Å²) in [6.07, 6.45) is 0. The molecule has 13 heavy (non-hydrogen) atoms. The van der Waals surface area contributed by atoms with E-state index >= 15 is 0 Å². The van der Waals surface area contributed by atoms with Crippen LogP contribution < -0.4 is 5.73 Å². The zero-order valence-electron chi connectivity index (χ0n) is 6.65. The molecule has 0 aliphatic rings. The van der Waals surface area contributed by atoms with Crippen LogP contribution >= 0.6 is 21.4 Å². The summed E-state index contributed by atoms with van der Waals surface area (Å²) in [4.78, 5) is 0. The fourth-order valence-electron chi connectivity index (χ4n) is 0.614. The lowest BCUT2D eigenvalue weighted by atomic mass is 10.2. The molecule has 3 nitrogen and oxygen atoms in total. The Labute approximate surface area is 86.4 Å². The quantitative estimate of drug-likeness (QED) is 0.764. The van der Waals surface area contributed by atoms with E-state index in [1.54, 1.807) is 0 Å². The molecule has 0 aliphatic heterocycles. The predicted octanol–water partition coefficient (Wildman–Crippen LogP) is 1.85. The normalized spacial score (nSPS) is 10.1. The van der Waals surface area contributed by atoms with Crippen molar-refractivity contribution < 1.29 is 8.42 Å². The molecule has 1 aromatic rings. The first-order valence-corrected chi connectivity index (χ1v) is 6.45. The van der Waals surface area contributed by atoms with E-state index in [9.17, 15) is 0 Å². The molecule has 0 atom stereocenters. The van der Waals surface area contributed by atoms with E-state index < -0.39 is 8.26 Å². The second-order valence-electron chi connectivity index (χ2n) is 2.07. The molecule has 0 amide bonds. The van der Waals surface area contributed by atoms with Crippen molar-refractivity contribution in [1.29, 1.82) is 0 Å². The van der Waals surface area contributed by atoms with Crippen LogP contribution in [0.4, 0.5) is 0 Å². The summed E-state index contributed by atoms with van der Waals surface area (Å²) in [7, 11) is 4.81. The highest BCUT2D eigenvalue weighted by Crippen LogP contribution is 1.98. The third-order valence-electron chi connectivity index (χ3n) is 1.08. The molecule has 0 heterocycles. The lowest BCUT2D eigenvalue weighted by Gasteiger charge is -1.90. The highest BCUT2D eigenvalue weighted by Gasteiger charge is 1.88. The van der Waals surface area contributed by atoms with Gasteiger partial charge in [-0.15, -0.1) is 0 Å². The first-order chi connectivity index (χ1) is 5.93. The zero-order valence-corrected chi connectivity index (χ0v) is 8.98. The summed E-state index contributed by atoms with van der Waals surface area (Å²) < 4.78 is 18.3. The Kier molecular flexibility index (Phi) is 6.07. The van der Waals surface area contributed by atoms with Crippen molar-refractivity contribution >= 4 is 29.6 Å². The highest BCUT2D eigenvalue weighted by molar-refractivity contribution is 8.31. The van der Waals surface area contributed by atoms with Gasteiger partial charge in [0, 0.05) is 27.9 Å². The maximum absolute atomic E-state index is 9.16. The SMILES string of the molecule is NCc1ccccc1.O=S(=O)(Cl)Cl. The van der Waals surface area contributed by atoms with E-state index in [1.807, 2.05) is 30.3 Å². The first kappa shape index (κ1) is 12.7. The Bertz CT molecular complexity index is 318. The van der Waals surface area contributed by atoms with Crippen molar-refractivity contribution in [3.05, 3.63) is 35.9 Å². The molecular weight excluding hydrogens is 233 g/mol. The van der Waals surface area contributed by atoms with Crippen molar-refractivity contribution in [2.45, 2.75) is 6.54 Å². The van der Waals surface area contributed by atoms with E-state index in [0.717, 1.165) is 0 Å². The maximum Gasteiger partial charge on any atom is 0.317 e.